The molecule has 16 heavy (non-hydrogen) atoms. The SMILES string of the molecule is Cc1ccoc1C(=O)N(C)C(C)CC(=O)O. The quantitative estimate of drug-likeness (QED) is 0.843. The Morgan fingerprint density at radius 3 is 2.62 bits per heavy atom. The summed E-state index contributed by atoms with van der Waals surface area (Å²) in [5.41, 5.74) is 0.749. The summed E-state index contributed by atoms with van der Waals surface area (Å²) in [6, 6.07) is 1.33. The Morgan fingerprint density at radius 1 is 1.56 bits per heavy atom. The highest BCUT2D eigenvalue weighted by Crippen LogP contribution is 2.13. The minimum Gasteiger partial charge on any atom is -0.481 e. The van der Waals surface area contributed by atoms with Crippen molar-refractivity contribution in [1.29, 1.82) is 0 Å². The van der Waals surface area contributed by atoms with Crippen LogP contribution in [-0.4, -0.2) is 35.0 Å². The van der Waals surface area contributed by atoms with E-state index in [-0.39, 0.29) is 24.1 Å². The molecule has 1 unspecified atom stereocenters. The van der Waals surface area contributed by atoms with Gasteiger partial charge in [0.15, 0.2) is 5.76 Å². The molecular weight excluding hydrogens is 210 g/mol. The monoisotopic (exact) mass is 225 g/mol. The zero-order chi connectivity index (χ0) is 12.3. The predicted octanol–water partition coefficient (Wildman–Crippen LogP) is 1.52. The first-order valence-corrected chi connectivity index (χ1v) is 4.96. The second kappa shape index (κ2) is 4.83. The number of rotatable bonds is 4. The Labute approximate surface area is 93.7 Å². The van der Waals surface area contributed by atoms with Crippen molar-refractivity contribution in [1.82, 2.24) is 4.90 Å². The molecule has 0 saturated carbocycles. The molecule has 5 nitrogen and oxygen atoms in total. The highest BCUT2D eigenvalue weighted by molar-refractivity contribution is 5.93. The third-order valence-corrected chi connectivity index (χ3v) is 2.51. The molecule has 1 rings (SSSR count). The topological polar surface area (TPSA) is 70.8 Å². The Balaban J connectivity index is 2.75. The summed E-state index contributed by atoms with van der Waals surface area (Å²) < 4.78 is 5.06. The molecule has 0 saturated heterocycles. The van der Waals surface area contributed by atoms with Gasteiger partial charge in [-0.15, -0.1) is 0 Å². The standard InChI is InChI=1S/C11H15NO4/c1-7-4-5-16-10(7)11(15)12(3)8(2)6-9(13)14/h4-5,8H,6H2,1-3H3,(H,13,14). The normalized spacial score (nSPS) is 12.2. The first-order valence-electron chi connectivity index (χ1n) is 4.96. The van der Waals surface area contributed by atoms with E-state index in [1.165, 1.54) is 11.2 Å². The van der Waals surface area contributed by atoms with Crippen LogP contribution in [0.1, 0.15) is 29.5 Å². The van der Waals surface area contributed by atoms with Crippen LogP contribution in [0.25, 0.3) is 0 Å². The number of nitrogens with zero attached hydrogens (tertiary/aromatic N) is 1. The fourth-order valence-corrected chi connectivity index (χ4v) is 1.34. The van der Waals surface area contributed by atoms with Gasteiger partial charge >= 0.3 is 5.97 Å². The van der Waals surface area contributed by atoms with Crippen molar-refractivity contribution in [2.45, 2.75) is 26.3 Å². The van der Waals surface area contributed by atoms with Crippen LogP contribution >= 0.6 is 0 Å². The minimum absolute atomic E-state index is 0.0814. The molecule has 1 N–H and O–H groups in total. The van der Waals surface area contributed by atoms with Gasteiger partial charge in [0, 0.05) is 18.7 Å². The summed E-state index contributed by atoms with van der Waals surface area (Å²) in [7, 11) is 1.57. The summed E-state index contributed by atoms with van der Waals surface area (Å²) in [6.45, 7) is 3.46. The van der Waals surface area contributed by atoms with Crippen molar-refractivity contribution >= 4 is 11.9 Å². The number of amides is 1. The lowest BCUT2D eigenvalue weighted by molar-refractivity contribution is -0.137. The van der Waals surface area contributed by atoms with E-state index in [0.29, 0.717) is 0 Å². The lowest BCUT2D eigenvalue weighted by Crippen LogP contribution is -2.36. The average molecular weight is 225 g/mol. The lowest BCUT2D eigenvalue weighted by Gasteiger charge is -2.22. The van der Waals surface area contributed by atoms with Crippen LogP contribution in [0.3, 0.4) is 0 Å². The highest BCUT2D eigenvalue weighted by Gasteiger charge is 2.22. The maximum Gasteiger partial charge on any atom is 0.305 e. The summed E-state index contributed by atoms with van der Waals surface area (Å²) in [5.74, 6) is -0.959. The molecule has 0 bridgehead atoms. The Morgan fingerprint density at radius 2 is 2.19 bits per heavy atom. The summed E-state index contributed by atoms with van der Waals surface area (Å²) in [6.07, 6.45) is 1.36. The molecule has 5 heteroatoms. The zero-order valence-electron chi connectivity index (χ0n) is 9.56. The molecule has 0 spiro atoms. The minimum atomic E-state index is -0.927. The van der Waals surface area contributed by atoms with Gasteiger partial charge in [-0.2, -0.15) is 0 Å². The first-order chi connectivity index (χ1) is 7.43. The van der Waals surface area contributed by atoms with E-state index in [4.69, 9.17) is 9.52 Å². The van der Waals surface area contributed by atoms with Crippen LogP contribution in [0.4, 0.5) is 0 Å². The van der Waals surface area contributed by atoms with E-state index < -0.39 is 5.97 Å². The first kappa shape index (κ1) is 12.3. The molecule has 1 amide bonds. The number of carboxylic acid groups (broad SMARTS) is 1. The Bertz CT molecular complexity index is 396. The maximum atomic E-state index is 11.9. The van der Waals surface area contributed by atoms with Crippen molar-refractivity contribution in [3.63, 3.8) is 0 Å². The summed E-state index contributed by atoms with van der Waals surface area (Å²) >= 11 is 0. The van der Waals surface area contributed by atoms with Gasteiger partial charge < -0.3 is 14.4 Å². The van der Waals surface area contributed by atoms with Crippen LogP contribution in [0.2, 0.25) is 0 Å². The third kappa shape index (κ3) is 2.62. The predicted molar refractivity (Wildman–Crippen MR) is 57.3 cm³/mol. The third-order valence-electron chi connectivity index (χ3n) is 2.51. The van der Waals surface area contributed by atoms with E-state index in [9.17, 15) is 9.59 Å². The molecule has 0 fully saturated rings. The van der Waals surface area contributed by atoms with Crippen LogP contribution in [-0.2, 0) is 4.79 Å². The molecular formula is C11H15NO4. The fraction of sp³-hybridized carbons (Fsp3) is 0.455. The van der Waals surface area contributed by atoms with E-state index in [0.717, 1.165) is 5.56 Å². The van der Waals surface area contributed by atoms with Gasteiger partial charge in [0.25, 0.3) is 5.91 Å². The van der Waals surface area contributed by atoms with Gasteiger partial charge in [-0.05, 0) is 19.9 Å². The van der Waals surface area contributed by atoms with E-state index in [1.54, 1.807) is 27.0 Å². The van der Waals surface area contributed by atoms with Gasteiger partial charge in [-0.25, -0.2) is 0 Å². The van der Waals surface area contributed by atoms with Crippen molar-refractivity contribution in [3.05, 3.63) is 23.7 Å². The Hall–Kier alpha value is -1.78. The maximum absolute atomic E-state index is 11.9. The zero-order valence-corrected chi connectivity index (χ0v) is 9.56. The van der Waals surface area contributed by atoms with Crippen LogP contribution in [0, 0.1) is 6.92 Å². The van der Waals surface area contributed by atoms with Crippen LogP contribution in [0.15, 0.2) is 16.7 Å². The smallest absolute Gasteiger partial charge is 0.305 e. The van der Waals surface area contributed by atoms with Gasteiger partial charge in [0.1, 0.15) is 0 Å². The van der Waals surface area contributed by atoms with Crippen molar-refractivity contribution in [2.24, 2.45) is 0 Å². The highest BCUT2D eigenvalue weighted by atomic mass is 16.4. The molecule has 1 aromatic rings. The largest absolute Gasteiger partial charge is 0.481 e. The lowest BCUT2D eigenvalue weighted by atomic mass is 10.2. The van der Waals surface area contributed by atoms with E-state index >= 15 is 0 Å². The number of carbonyl (C=O) groups excluding carboxylic acids is 1. The van der Waals surface area contributed by atoms with Gasteiger partial charge in [-0.1, -0.05) is 0 Å². The van der Waals surface area contributed by atoms with Gasteiger partial charge in [0.2, 0.25) is 0 Å². The number of carbonyl (C=O) groups is 2. The van der Waals surface area contributed by atoms with Crippen molar-refractivity contribution in [3.8, 4) is 0 Å². The summed E-state index contributed by atoms with van der Waals surface area (Å²) in [4.78, 5) is 23.8. The van der Waals surface area contributed by atoms with E-state index in [1.807, 2.05) is 0 Å². The Kier molecular flexibility index (Phi) is 3.71. The van der Waals surface area contributed by atoms with Crippen molar-refractivity contribution in [2.75, 3.05) is 7.05 Å². The van der Waals surface area contributed by atoms with Crippen LogP contribution in [0.5, 0.6) is 0 Å². The van der Waals surface area contributed by atoms with Gasteiger partial charge in [0.05, 0.1) is 12.7 Å². The molecule has 0 radical (unpaired) electrons. The number of furan rings is 1. The molecule has 88 valence electrons. The molecule has 1 aromatic heterocycles. The number of hydrogen-bond donors (Lipinski definition) is 1. The van der Waals surface area contributed by atoms with Gasteiger partial charge in [-0.3, -0.25) is 9.59 Å². The van der Waals surface area contributed by atoms with Crippen molar-refractivity contribution < 1.29 is 19.1 Å². The number of carboxylic acids is 1. The average Bonchev–Trinajstić information content (AvgIpc) is 2.61. The fourth-order valence-electron chi connectivity index (χ4n) is 1.34. The molecule has 0 aromatic carbocycles. The second-order valence-corrected chi connectivity index (χ2v) is 3.80. The molecule has 1 heterocycles. The number of hydrogen-bond acceptors (Lipinski definition) is 3. The molecule has 1 atom stereocenters. The number of aryl methyl sites for hydroxylation is 1. The molecule has 0 aliphatic heterocycles. The second-order valence-electron chi connectivity index (χ2n) is 3.80. The number of aliphatic carboxylic acids is 1. The molecule has 0 aliphatic rings. The molecule has 0 aliphatic carbocycles. The van der Waals surface area contributed by atoms with Crippen LogP contribution < -0.4 is 0 Å². The van der Waals surface area contributed by atoms with E-state index in [2.05, 4.69) is 0 Å². The summed E-state index contributed by atoms with van der Waals surface area (Å²) in [5, 5.41) is 8.64.